The van der Waals surface area contributed by atoms with Gasteiger partial charge in [-0.05, 0) is 17.7 Å². The van der Waals surface area contributed by atoms with E-state index in [2.05, 4.69) is 63.2 Å². The Morgan fingerprint density at radius 1 is 1.00 bits per heavy atom. The smallest absolute Gasteiger partial charge is 0.0872 e. The van der Waals surface area contributed by atoms with E-state index in [-0.39, 0.29) is 0 Å². The van der Waals surface area contributed by atoms with Crippen molar-refractivity contribution >= 4 is 11.8 Å². The number of hydrogen-bond donors (Lipinski definition) is 0. The number of benzene rings is 1. The summed E-state index contributed by atoms with van der Waals surface area (Å²) >= 11 is 2.06. The van der Waals surface area contributed by atoms with E-state index in [0.717, 1.165) is 4.48 Å². The number of hydrogen-bond acceptors (Lipinski definition) is 1. The van der Waals surface area contributed by atoms with Crippen LogP contribution >= 0.6 is 11.8 Å². The molecule has 0 saturated carbocycles. The summed E-state index contributed by atoms with van der Waals surface area (Å²) < 4.78 is 1.07. The second kappa shape index (κ2) is 6.19. The molecule has 0 spiro atoms. The number of thioether (sulfide) groups is 1. The van der Waals surface area contributed by atoms with Crippen molar-refractivity contribution in [2.75, 3.05) is 39.2 Å². The first kappa shape index (κ1) is 12.6. The van der Waals surface area contributed by atoms with Crippen molar-refractivity contribution in [3.63, 3.8) is 0 Å². The molecule has 0 aliphatic rings. The van der Waals surface area contributed by atoms with Crippen LogP contribution in [0.3, 0.4) is 0 Å². The number of aryl methyl sites for hydroxylation is 1. The average molecular weight is 224 g/mol. The molecular formula is C13H22NS+. The molecule has 0 radical (unpaired) electrons. The fraction of sp³-hybridized carbons (Fsp3) is 0.538. The zero-order valence-electron chi connectivity index (χ0n) is 10.1. The summed E-state index contributed by atoms with van der Waals surface area (Å²) in [5, 5.41) is 0. The van der Waals surface area contributed by atoms with Crippen LogP contribution in [0.1, 0.15) is 5.56 Å². The lowest BCUT2D eigenvalue weighted by molar-refractivity contribution is -0.867. The molecule has 0 aromatic heterocycles. The minimum absolute atomic E-state index is 1.07. The second-order valence-electron chi connectivity index (χ2n) is 4.86. The lowest BCUT2D eigenvalue weighted by Crippen LogP contribution is -2.36. The molecule has 0 amide bonds. The third-order valence-corrected chi connectivity index (χ3v) is 3.25. The van der Waals surface area contributed by atoms with Gasteiger partial charge in [-0.15, -0.1) is 0 Å². The van der Waals surface area contributed by atoms with Gasteiger partial charge in [-0.1, -0.05) is 30.3 Å². The molecule has 0 bridgehead atoms. The van der Waals surface area contributed by atoms with Crippen LogP contribution < -0.4 is 0 Å². The zero-order valence-corrected chi connectivity index (χ0v) is 10.9. The van der Waals surface area contributed by atoms with Crippen molar-refractivity contribution in [3.05, 3.63) is 35.9 Å². The molecule has 0 aliphatic heterocycles. The van der Waals surface area contributed by atoms with Gasteiger partial charge < -0.3 is 4.48 Å². The summed E-state index contributed by atoms with van der Waals surface area (Å²) in [5.41, 5.74) is 1.45. The molecule has 1 rings (SSSR count). The van der Waals surface area contributed by atoms with Crippen LogP contribution in [-0.4, -0.2) is 43.7 Å². The molecular weight excluding hydrogens is 202 g/mol. The topological polar surface area (TPSA) is 0 Å². The van der Waals surface area contributed by atoms with Crippen LogP contribution in [0.15, 0.2) is 30.3 Å². The first-order valence-corrected chi connectivity index (χ1v) is 6.65. The predicted octanol–water partition coefficient (Wildman–Crippen LogP) is 2.67. The first-order valence-electron chi connectivity index (χ1n) is 5.50. The van der Waals surface area contributed by atoms with Gasteiger partial charge in [0.05, 0.1) is 27.7 Å². The molecule has 0 fully saturated rings. The highest BCUT2D eigenvalue weighted by atomic mass is 32.2. The van der Waals surface area contributed by atoms with Gasteiger partial charge in [0.15, 0.2) is 0 Å². The molecule has 0 saturated heterocycles. The highest BCUT2D eigenvalue weighted by molar-refractivity contribution is 7.99. The number of nitrogens with zero attached hydrogens (tertiary/aromatic N) is 1. The highest BCUT2D eigenvalue weighted by Gasteiger charge is 2.05. The maximum Gasteiger partial charge on any atom is 0.0872 e. The van der Waals surface area contributed by atoms with E-state index in [4.69, 9.17) is 0 Å². The van der Waals surface area contributed by atoms with Crippen LogP contribution in [-0.2, 0) is 6.42 Å². The summed E-state index contributed by atoms with van der Waals surface area (Å²) in [6, 6.07) is 10.7. The normalized spacial score (nSPS) is 11.7. The van der Waals surface area contributed by atoms with Crippen LogP contribution in [0.25, 0.3) is 0 Å². The Hall–Kier alpha value is -0.470. The SMILES string of the molecule is C[N+](C)(C)CCSCCc1ccccc1. The maximum absolute atomic E-state index is 2.25. The molecule has 0 atom stereocenters. The Balaban J connectivity index is 2.08. The molecule has 0 aliphatic carbocycles. The van der Waals surface area contributed by atoms with E-state index < -0.39 is 0 Å². The van der Waals surface area contributed by atoms with Gasteiger partial charge in [-0.25, -0.2) is 0 Å². The van der Waals surface area contributed by atoms with Crippen molar-refractivity contribution < 1.29 is 4.48 Å². The van der Waals surface area contributed by atoms with Crippen LogP contribution in [0.5, 0.6) is 0 Å². The fourth-order valence-electron chi connectivity index (χ4n) is 1.28. The van der Waals surface area contributed by atoms with E-state index in [1.54, 1.807) is 0 Å². The van der Waals surface area contributed by atoms with Gasteiger partial charge in [-0.3, -0.25) is 0 Å². The van der Waals surface area contributed by atoms with Crippen LogP contribution in [0.2, 0.25) is 0 Å². The second-order valence-corrected chi connectivity index (χ2v) is 6.09. The van der Waals surface area contributed by atoms with Gasteiger partial charge in [-0.2, -0.15) is 11.8 Å². The van der Waals surface area contributed by atoms with Crippen LogP contribution in [0.4, 0.5) is 0 Å². The zero-order chi connectivity index (χ0) is 11.1. The monoisotopic (exact) mass is 224 g/mol. The Morgan fingerprint density at radius 3 is 2.27 bits per heavy atom. The fourth-order valence-corrected chi connectivity index (χ4v) is 2.54. The van der Waals surface area contributed by atoms with Crippen molar-refractivity contribution in [2.45, 2.75) is 6.42 Å². The van der Waals surface area contributed by atoms with E-state index in [1.807, 2.05) is 0 Å². The molecule has 0 N–H and O–H groups in total. The molecule has 2 heteroatoms. The Bertz CT molecular complexity index is 264. The molecule has 84 valence electrons. The molecule has 15 heavy (non-hydrogen) atoms. The summed E-state index contributed by atoms with van der Waals surface area (Å²) in [6.07, 6.45) is 1.20. The van der Waals surface area contributed by atoms with Gasteiger partial charge in [0.2, 0.25) is 0 Å². The Morgan fingerprint density at radius 2 is 1.67 bits per heavy atom. The largest absolute Gasteiger partial charge is 0.330 e. The third-order valence-electron chi connectivity index (χ3n) is 2.28. The van der Waals surface area contributed by atoms with Gasteiger partial charge in [0.25, 0.3) is 0 Å². The van der Waals surface area contributed by atoms with Gasteiger partial charge >= 0.3 is 0 Å². The van der Waals surface area contributed by atoms with Crippen LogP contribution in [0, 0.1) is 0 Å². The molecule has 0 heterocycles. The van der Waals surface area contributed by atoms with E-state index in [1.165, 1.54) is 30.0 Å². The Kier molecular flexibility index (Phi) is 5.20. The highest BCUT2D eigenvalue weighted by Crippen LogP contribution is 2.07. The number of rotatable bonds is 6. The Labute approximate surface area is 98.1 Å². The summed E-state index contributed by atoms with van der Waals surface area (Å²) in [6.45, 7) is 1.25. The number of quaternary nitrogens is 1. The van der Waals surface area contributed by atoms with Crippen molar-refractivity contribution in [1.82, 2.24) is 0 Å². The predicted molar refractivity (Wildman–Crippen MR) is 70.4 cm³/mol. The quantitative estimate of drug-likeness (QED) is 0.529. The van der Waals surface area contributed by atoms with Crippen molar-refractivity contribution in [3.8, 4) is 0 Å². The van der Waals surface area contributed by atoms with E-state index in [9.17, 15) is 0 Å². The van der Waals surface area contributed by atoms with Crippen molar-refractivity contribution in [1.29, 1.82) is 0 Å². The first-order chi connectivity index (χ1) is 7.08. The van der Waals surface area contributed by atoms with Gasteiger partial charge in [0, 0.05) is 5.75 Å². The molecule has 1 aromatic carbocycles. The lowest BCUT2D eigenvalue weighted by Gasteiger charge is -2.23. The molecule has 1 nitrogen and oxygen atoms in total. The minimum Gasteiger partial charge on any atom is -0.330 e. The maximum atomic E-state index is 2.25. The third kappa shape index (κ3) is 6.58. The summed E-state index contributed by atoms with van der Waals surface area (Å²) in [7, 11) is 6.74. The minimum atomic E-state index is 1.07. The molecule has 1 aromatic rings. The van der Waals surface area contributed by atoms with E-state index >= 15 is 0 Å². The lowest BCUT2D eigenvalue weighted by atomic mass is 10.2. The standard InChI is InChI=1S/C13H22NS/c1-14(2,3)10-12-15-11-9-13-7-5-4-6-8-13/h4-8H,9-12H2,1-3H3/q+1. The molecule has 0 unspecified atom stereocenters. The van der Waals surface area contributed by atoms with E-state index in [0.29, 0.717) is 0 Å². The average Bonchev–Trinajstić information content (AvgIpc) is 2.17. The van der Waals surface area contributed by atoms with Crippen molar-refractivity contribution in [2.24, 2.45) is 0 Å². The summed E-state index contributed by atoms with van der Waals surface area (Å²) in [4.78, 5) is 0. The summed E-state index contributed by atoms with van der Waals surface area (Å²) in [5.74, 6) is 2.50. The van der Waals surface area contributed by atoms with Gasteiger partial charge in [0.1, 0.15) is 0 Å².